The molecule has 0 radical (unpaired) electrons. The van der Waals surface area contributed by atoms with Crippen LogP contribution in [0.5, 0.6) is 0 Å². The van der Waals surface area contributed by atoms with Crippen molar-refractivity contribution in [3.8, 4) is 0 Å². The van der Waals surface area contributed by atoms with E-state index in [9.17, 15) is 24.0 Å². The Morgan fingerprint density at radius 3 is 1.54 bits per heavy atom. The van der Waals surface area contributed by atoms with Crippen LogP contribution in [0.2, 0.25) is 0 Å². The molecule has 2 aromatic rings. The zero-order valence-electron chi connectivity index (χ0n) is 42.2. The molecular weight excluding hydrogens is 847 g/mol. The van der Waals surface area contributed by atoms with Gasteiger partial charge in [-0.25, -0.2) is 19.6 Å². The third-order valence-corrected chi connectivity index (χ3v) is 11.5. The number of hydrogen-bond donors (Lipinski definition) is 0. The predicted octanol–water partition coefficient (Wildman–Crippen LogP) is 11.4. The fourth-order valence-corrected chi connectivity index (χ4v) is 7.44. The second-order valence-corrected chi connectivity index (χ2v) is 17.9. The molecular formula is C54H87N5O8. The van der Waals surface area contributed by atoms with E-state index in [0.29, 0.717) is 25.8 Å². The van der Waals surface area contributed by atoms with Crippen LogP contribution in [0.1, 0.15) is 192 Å². The lowest BCUT2D eigenvalue weighted by Gasteiger charge is -2.18. The molecule has 0 atom stereocenters. The van der Waals surface area contributed by atoms with E-state index >= 15 is 0 Å². The van der Waals surface area contributed by atoms with E-state index in [1.165, 1.54) is 49.3 Å². The quantitative estimate of drug-likeness (QED) is 0.0272. The van der Waals surface area contributed by atoms with Crippen molar-refractivity contribution in [1.82, 2.24) is 24.0 Å². The highest BCUT2D eigenvalue weighted by Gasteiger charge is 2.22. The molecule has 0 aliphatic rings. The predicted molar refractivity (Wildman–Crippen MR) is 271 cm³/mol. The van der Waals surface area contributed by atoms with Crippen LogP contribution < -0.4 is 11.2 Å². The van der Waals surface area contributed by atoms with Gasteiger partial charge in [0.15, 0.2) is 16.9 Å². The molecule has 13 heteroatoms. The second kappa shape index (κ2) is 38.3. The van der Waals surface area contributed by atoms with Gasteiger partial charge in [0.2, 0.25) is 0 Å². The van der Waals surface area contributed by atoms with Gasteiger partial charge in [-0.05, 0) is 111 Å². The summed E-state index contributed by atoms with van der Waals surface area (Å²) in [7, 11) is 3.87. The van der Waals surface area contributed by atoms with Crippen LogP contribution >= 0.6 is 0 Å². The number of fused-ring (bicyclic) bond motifs is 1. The summed E-state index contributed by atoms with van der Waals surface area (Å²) in [5.74, 6) is -2.19. The van der Waals surface area contributed by atoms with Crippen molar-refractivity contribution in [2.24, 2.45) is 5.92 Å². The summed E-state index contributed by atoms with van der Waals surface area (Å²) in [6.45, 7) is 6.86. The summed E-state index contributed by atoms with van der Waals surface area (Å²) < 4.78 is 19.3. The Balaban J connectivity index is 1.90. The van der Waals surface area contributed by atoms with E-state index in [1.807, 2.05) is 19.0 Å². The Morgan fingerprint density at radius 2 is 1.06 bits per heavy atom. The highest BCUT2D eigenvalue weighted by Crippen LogP contribution is 2.13. The van der Waals surface area contributed by atoms with Gasteiger partial charge < -0.3 is 19.1 Å². The monoisotopic (exact) mass is 934 g/mol. The number of nitrogens with zero attached hydrogens (tertiary/aromatic N) is 5. The van der Waals surface area contributed by atoms with Gasteiger partial charge in [-0.3, -0.25) is 23.5 Å². The lowest BCUT2D eigenvalue weighted by Crippen LogP contribution is -2.41. The first-order valence-electron chi connectivity index (χ1n) is 25.9. The van der Waals surface area contributed by atoms with Gasteiger partial charge in [-0.1, -0.05) is 127 Å². The third-order valence-electron chi connectivity index (χ3n) is 11.5. The second-order valence-electron chi connectivity index (χ2n) is 17.9. The number of carbonyl (C=O) groups excluding carboxylic acids is 3. The van der Waals surface area contributed by atoms with E-state index in [4.69, 9.17) is 14.2 Å². The minimum Gasteiger partial charge on any atom is -0.465 e. The summed E-state index contributed by atoms with van der Waals surface area (Å²) in [6.07, 6.45) is 44.2. The molecule has 0 saturated heterocycles. The highest BCUT2D eigenvalue weighted by atomic mass is 16.6. The number of allylic oxidation sites excluding steroid dienone is 8. The molecule has 0 aliphatic carbocycles. The smallest absolute Gasteiger partial charge is 0.358 e. The first-order chi connectivity index (χ1) is 32.6. The molecule has 0 saturated carbocycles. The fraction of sp³-hybridized carbons (Fsp3) is 0.685. The third kappa shape index (κ3) is 27.1. The number of aryl methyl sites for hydroxylation is 1. The van der Waals surface area contributed by atoms with Crippen LogP contribution in [-0.4, -0.2) is 82.4 Å². The first kappa shape index (κ1) is 58.5. The topological polar surface area (TPSA) is 152 Å². The minimum atomic E-state index is -0.847. The molecule has 0 N–H and O–H groups in total. The lowest BCUT2D eigenvalue weighted by molar-refractivity contribution is -0.150. The molecule has 0 amide bonds. The molecule has 0 aromatic carbocycles. The first-order valence-corrected chi connectivity index (χ1v) is 25.9. The zero-order chi connectivity index (χ0) is 48.7. The van der Waals surface area contributed by atoms with Gasteiger partial charge in [0.05, 0.1) is 12.1 Å². The van der Waals surface area contributed by atoms with Crippen LogP contribution in [0.15, 0.2) is 64.4 Å². The number of rotatable bonds is 40. The molecule has 67 heavy (non-hydrogen) atoms. The van der Waals surface area contributed by atoms with Gasteiger partial charge in [-0.2, -0.15) is 0 Å². The summed E-state index contributed by atoms with van der Waals surface area (Å²) >= 11 is 0. The van der Waals surface area contributed by atoms with Crippen molar-refractivity contribution in [2.45, 2.75) is 194 Å². The maximum atomic E-state index is 13.3. The molecule has 0 unspecified atom stereocenters. The van der Waals surface area contributed by atoms with Crippen LogP contribution in [-0.2, 0) is 36.9 Å². The normalized spacial score (nSPS) is 12.0. The Hall–Kier alpha value is -4.65. The number of aromatic nitrogens is 4. The van der Waals surface area contributed by atoms with Gasteiger partial charge in [0.25, 0.3) is 5.56 Å². The average Bonchev–Trinajstić information content (AvgIpc) is 3.32. The van der Waals surface area contributed by atoms with Crippen molar-refractivity contribution < 1.29 is 28.6 Å². The van der Waals surface area contributed by atoms with E-state index in [-0.39, 0.29) is 68.0 Å². The minimum absolute atomic E-state index is 0.0971. The molecule has 2 heterocycles. The molecule has 0 spiro atoms. The van der Waals surface area contributed by atoms with Gasteiger partial charge in [-0.15, -0.1) is 0 Å². The SMILES string of the molecule is CCCCC/C=C\C/C=C\CCCCCCCC(=O)OCC(COC(=O)CCCCCCC/C=C\C/C=C\CCCCC)COC(=O)c1cnc2c(n1)c(=O)n(CC)c(=O)n2CCCN(C)C. The van der Waals surface area contributed by atoms with Gasteiger partial charge in [0.1, 0.15) is 19.8 Å². The van der Waals surface area contributed by atoms with Crippen LogP contribution in [0.4, 0.5) is 0 Å². The summed E-state index contributed by atoms with van der Waals surface area (Å²) in [4.78, 5) is 76.0. The number of esters is 3. The van der Waals surface area contributed by atoms with E-state index in [0.717, 1.165) is 101 Å². The summed E-state index contributed by atoms with van der Waals surface area (Å²) in [5.41, 5.74) is -1.34. The number of unbranched alkanes of at least 4 members (excludes halogenated alkanes) is 16. The maximum Gasteiger partial charge on any atom is 0.358 e. The molecule has 13 nitrogen and oxygen atoms in total. The van der Waals surface area contributed by atoms with Crippen LogP contribution in [0.3, 0.4) is 0 Å². The number of carbonyl (C=O) groups is 3. The Morgan fingerprint density at radius 1 is 0.597 bits per heavy atom. The maximum absolute atomic E-state index is 13.3. The number of hydrogen-bond acceptors (Lipinski definition) is 11. The number of ether oxygens (including phenoxy) is 3. The van der Waals surface area contributed by atoms with Crippen LogP contribution in [0.25, 0.3) is 11.2 Å². The van der Waals surface area contributed by atoms with Crippen molar-refractivity contribution in [3.63, 3.8) is 0 Å². The Labute approximate surface area is 402 Å². The van der Waals surface area contributed by atoms with Gasteiger partial charge in [0, 0.05) is 25.9 Å². The van der Waals surface area contributed by atoms with E-state index in [2.05, 4.69) is 72.4 Å². The van der Waals surface area contributed by atoms with Crippen molar-refractivity contribution >= 4 is 29.1 Å². The largest absolute Gasteiger partial charge is 0.465 e. The van der Waals surface area contributed by atoms with Crippen LogP contribution in [0, 0.1) is 5.92 Å². The fourth-order valence-electron chi connectivity index (χ4n) is 7.44. The highest BCUT2D eigenvalue weighted by molar-refractivity contribution is 5.88. The van der Waals surface area contributed by atoms with E-state index in [1.54, 1.807) is 6.92 Å². The lowest BCUT2D eigenvalue weighted by atomic mass is 10.1. The van der Waals surface area contributed by atoms with Crippen molar-refractivity contribution in [1.29, 1.82) is 0 Å². The molecule has 2 rings (SSSR count). The van der Waals surface area contributed by atoms with Crippen molar-refractivity contribution in [2.75, 3.05) is 40.5 Å². The summed E-state index contributed by atoms with van der Waals surface area (Å²) in [6, 6.07) is 0. The molecule has 0 fully saturated rings. The molecule has 0 bridgehead atoms. The Kier molecular flexibility index (Phi) is 33.5. The van der Waals surface area contributed by atoms with Gasteiger partial charge >= 0.3 is 23.6 Å². The van der Waals surface area contributed by atoms with Crippen molar-refractivity contribution in [3.05, 3.63) is 81.3 Å². The summed E-state index contributed by atoms with van der Waals surface area (Å²) in [5, 5.41) is 0. The standard InChI is InChI=1S/C54H87N5O8/c1-6-9-11-13-15-17-19-21-23-25-27-29-31-33-35-38-48(60)65-43-46(44-66-49(61)39-36-34-32-30-28-26-24-22-20-18-16-14-12-10-7-2)45-67-53(63)47-42-55-51-50(56-47)52(62)58(8-3)54(64)59(51)41-37-40-57(4)5/h15-18,21-24,42,46H,6-14,19-20,25-41,43-45H2,1-5H3/b17-15-,18-16-,23-21-,24-22-. The molecule has 376 valence electrons. The molecule has 0 aliphatic heterocycles. The molecule has 2 aromatic heterocycles. The average molecular weight is 934 g/mol. The van der Waals surface area contributed by atoms with E-state index < -0.39 is 23.1 Å². The Bertz CT molecular complexity index is 1850. The zero-order valence-corrected chi connectivity index (χ0v) is 42.2.